The summed E-state index contributed by atoms with van der Waals surface area (Å²) in [6.07, 6.45) is 5.15. The van der Waals surface area contributed by atoms with Crippen LogP contribution < -0.4 is 10.6 Å². The minimum absolute atomic E-state index is 0.698. The zero-order valence-electron chi connectivity index (χ0n) is 10.4. The van der Waals surface area contributed by atoms with Crippen molar-refractivity contribution in [3.63, 3.8) is 0 Å². The highest BCUT2D eigenvalue weighted by atomic mass is 15.1. The van der Waals surface area contributed by atoms with Gasteiger partial charge < -0.3 is 15.2 Å². The summed E-state index contributed by atoms with van der Waals surface area (Å²) in [5.74, 6) is 0. The number of hydrogen-bond acceptors (Lipinski definition) is 2. The standard InChI is InChI=1S/C14H19N3/c1-16(2)13-3-5-14(6-4-13)17-10-8-12(11-17)7-9-15/h3-6,8,10-11H,7,9,15H2,1-2H3. The summed E-state index contributed by atoms with van der Waals surface area (Å²) in [6.45, 7) is 0.698. The predicted octanol–water partition coefficient (Wildman–Crippen LogP) is 2.04. The van der Waals surface area contributed by atoms with Gasteiger partial charge in [-0.25, -0.2) is 0 Å². The Morgan fingerprint density at radius 2 is 1.82 bits per heavy atom. The molecule has 1 aromatic carbocycles. The minimum atomic E-state index is 0.698. The van der Waals surface area contributed by atoms with Crippen LogP contribution >= 0.6 is 0 Å². The van der Waals surface area contributed by atoms with Crippen molar-refractivity contribution in [3.8, 4) is 5.69 Å². The van der Waals surface area contributed by atoms with Gasteiger partial charge >= 0.3 is 0 Å². The monoisotopic (exact) mass is 229 g/mol. The first-order valence-corrected chi connectivity index (χ1v) is 5.85. The number of nitrogens with zero attached hydrogens (tertiary/aromatic N) is 2. The Labute approximate surface area is 102 Å². The molecule has 17 heavy (non-hydrogen) atoms. The van der Waals surface area contributed by atoms with Crippen molar-refractivity contribution in [1.82, 2.24) is 4.57 Å². The highest BCUT2D eigenvalue weighted by Crippen LogP contribution is 2.16. The molecular formula is C14H19N3. The molecule has 2 rings (SSSR count). The Morgan fingerprint density at radius 3 is 2.41 bits per heavy atom. The number of anilines is 1. The second-order valence-corrected chi connectivity index (χ2v) is 4.38. The summed E-state index contributed by atoms with van der Waals surface area (Å²) in [5, 5.41) is 0. The highest BCUT2D eigenvalue weighted by Gasteiger charge is 2.00. The maximum Gasteiger partial charge on any atom is 0.0450 e. The maximum absolute atomic E-state index is 5.55. The summed E-state index contributed by atoms with van der Waals surface area (Å²) < 4.78 is 2.13. The van der Waals surface area contributed by atoms with Crippen molar-refractivity contribution in [2.75, 3.05) is 25.5 Å². The van der Waals surface area contributed by atoms with Crippen LogP contribution in [0.15, 0.2) is 42.7 Å². The first-order chi connectivity index (χ1) is 8.20. The van der Waals surface area contributed by atoms with Crippen LogP contribution in [0, 0.1) is 0 Å². The molecule has 0 aliphatic rings. The third-order valence-electron chi connectivity index (χ3n) is 2.85. The van der Waals surface area contributed by atoms with Crippen molar-refractivity contribution >= 4 is 5.69 Å². The molecule has 0 amide bonds. The number of rotatable bonds is 4. The summed E-state index contributed by atoms with van der Waals surface area (Å²) in [4.78, 5) is 2.10. The topological polar surface area (TPSA) is 34.2 Å². The lowest BCUT2D eigenvalue weighted by Crippen LogP contribution is -2.08. The lowest BCUT2D eigenvalue weighted by atomic mass is 10.2. The Kier molecular flexibility index (Phi) is 3.49. The minimum Gasteiger partial charge on any atom is -0.378 e. The van der Waals surface area contributed by atoms with E-state index in [1.807, 2.05) is 14.1 Å². The van der Waals surface area contributed by atoms with Crippen LogP contribution in [0.1, 0.15) is 5.56 Å². The molecule has 0 spiro atoms. The van der Waals surface area contributed by atoms with Gasteiger partial charge in [-0.1, -0.05) is 0 Å². The third-order valence-corrected chi connectivity index (χ3v) is 2.85. The van der Waals surface area contributed by atoms with Crippen LogP contribution in [0.25, 0.3) is 5.69 Å². The van der Waals surface area contributed by atoms with Gasteiger partial charge in [0.2, 0.25) is 0 Å². The SMILES string of the molecule is CN(C)c1ccc(-n2ccc(CCN)c2)cc1. The van der Waals surface area contributed by atoms with Crippen molar-refractivity contribution in [2.24, 2.45) is 5.73 Å². The number of aromatic nitrogens is 1. The van der Waals surface area contributed by atoms with E-state index < -0.39 is 0 Å². The van der Waals surface area contributed by atoms with E-state index in [0.29, 0.717) is 6.54 Å². The largest absolute Gasteiger partial charge is 0.378 e. The molecule has 0 fully saturated rings. The van der Waals surface area contributed by atoms with Gasteiger partial charge in [-0.05, 0) is 48.9 Å². The molecule has 0 saturated heterocycles. The third kappa shape index (κ3) is 2.68. The van der Waals surface area contributed by atoms with Gasteiger partial charge in [-0.3, -0.25) is 0 Å². The van der Waals surface area contributed by atoms with Gasteiger partial charge in [-0.2, -0.15) is 0 Å². The highest BCUT2D eigenvalue weighted by molar-refractivity contribution is 5.50. The average molecular weight is 229 g/mol. The quantitative estimate of drug-likeness (QED) is 0.870. The number of hydrogen-bond donors (Lipinski definition) is 1. The molecule has 0 aliphatic carbocycles. The van der Waals surface area contributed by atoms with Crippen LogP contribution in [-0.4, -0.2) is 25.2 Å². The van der Waals surface area contributed by atoms with Crippen molar-refractivity contribution in [1.29, 1.82) is 0 Å². The van der Waals surface area contributed by atoms with E-state index in [9.17, 15) is 0 Å². The van der Waals surface area contributed by atoms with Gasteiger partial charge in [0, 0.05) is 37.9 Å². The second kappa shape index (κ2) is 5.06. The van der Waals surface area contributed by atoms with Crippen LogP contribution in [0.5, 0.6) is 0 Å². The molecule has 0 atom stereocenters. The zero-order valence-corrected chi connectivity index (χ0v) is 10.4. The fraction of sp³-hybridized carbons (Fsp3) is 0.286. The molecule has 1 aromatic heterocycles. The molecule has 0 saturated carbocycles. The Hall–Kier alpha value is -1.74. The van der Waals surface area contributed by atoms with E-state index in [-0.39, 0.29) is 0 Å². The Balaban J connectivity index is 2.21. The Morgan fingerprint density at radius 1 is 1.12 bits per heavy atom. The van der Waals surface area contributed by atoms with Crippen LogP contribution in [0.2, 0.25) is 0 Å². The number of nitrogens with two attached hydrogens (primary N) is 1. The molecule has 3 nitrogen and oxygen atoms in total. The molecule has 1 heterocycles. The lowest BCUT2D eigenvalue weighted by Gasteiger charge is -2.12. The molecule has 3 heteroatoms. The molecular weight excluding hydrogens is 210 g/mol. The van der Waals surface area contributed by atoms with E-state index in [1.54, 1.807) is 0 Å². The zero-order chi connectivity index (χ0) is 12.3. The van der Waals surface area contributed by atoms with Gasteiger partial charge in [-0.15, -0.1) is 0 Å². The fourth-order valence-corrected chi connectivity index (χ4v) is 1.84. The number of benzene rings is 1. The smallest absolute Gasteiger partial charge is 0.0450 e. The molecule has 0 bridgehead atoms. The average Bonchev–Trinajstić information content (AvgIpc) is 2.78. The van der Waals surface area contributed by atoms with Crippen LogP contribution in [0.4, 0.5) is 5.69 Å². The molecule has 90 valence electrons. The van der Waals surface area contributed by atoms with E-state index in [1.165, 1.54) is 16.9 Å². The van der Waals surface area contributed by atoms with E-state index >= 15 is 0 Å². The van der Waals surface area contributed by atoms with Crippen LogP contribution in [0.3, 0.4) is 0 Å². The van der Waals surface area contributed by atoms with Gasteiger partial charge in [0.15, 0.2) is 0 Å². The first-order valence-electron chi connectivity index (χ1n) is 5.85. The summed E-state index contributed by atoms with van der Waals surface area (Å²) in [5.41, 5.74) is 9.22. The van der Waals surface area contributed by atoms with Gasteiger partial charge in [0.1, 0.15) is 0 Å². The van der Waals surface area contributed by atoms with Crippen molar-refractivity contribution < 1.29 is 0 Å². The van der Waals surface area contributed by atoms with E-state index in [4.69, 9.17) is 5.73 Å². The first kappa shape index (κ1) is 11.7. The fourth-order valence-electron chi connectivity index (χ4n) is 1.84. The predicted molar refractivity (Wildman–Crippen MR) is 72.9 cm³/mol. The molecule has 2 aromatic rings. The summed E-state index contributed by atoms with van der Waals surface area (Å²) in [7, 11) is 4.09. The van der Waals surface area contributed by atoms with Crippen molar-refractivity contribution in [2.45, 2.75) is 6.42 Å². The van der Waals surface area contributed by atoms with Crippen molar-refractivity contribution in [3.05, 3.63) is 48.3 Å². The summed E-state index contributed by atoms with van der Waals surface area (Å²) in [6, 6.07) is 10.6. The molecule has 0 unspecified atom stereocenters. The van der Waals surface area contributed by atoms with Gasteiger partial charge in [0.25, 0.3) is 0 Å². The van der Waals surface area contributed by atoms with Gasteiger partial charge in [0.05, 0.1) is 0 Å². The lowest BCUT2D eigenvalue weighted by molar-refractivity contribution is 0.961. The molecule has 0 aliphatic heterocycles. The van der Waals surface area contributed by atoms with E-state index in [2.05, 4.69) is 52.2 Å². The second-order valence-electron chi connectivity index (χ2n) is 4.38. The normalized spacial score (nSPS) is 10.5. The molecule has 2 N–H and O–H groups in total. The Bertz CT molecular complexity index is 468. The maximum atomic E-state index is 5.55. The van der Waals surface area contributed by atoms with Crippen LogP contribution in [-0.2, 0) is 6.42 Å². The van der Waals surface area contributed by atoms with E-state index in [0.717, 1.165) is 6.42 Å². The summed E-state index contributed by atoms with van der Waals surface area (Å²) >= 11 is 0. The molecule has 0 radical (unpaired) electrons.